The van der Waals surface area contributed by atoms with E-state index in [0.29, 0.717) is 0 Å². The molecule has 4 heteroatoms. The van der Waals surface area contributed by atoms with Crippen LogP contribution in [-0.4, -0.2) is 10.9 Å². The molecule has 3 nitrogen and oxygen atoms in total. The van der Waals surface area contributed by atoms with Gasteiger partial charge in [0.25, 0.3) is 0 Å². The number of hydrogen-bond acceptors (Lipinski definition) is 3. The molecule has 0 spiro atoms. The number of aryl methyl sites for hydroxylation is 1. The van der Waals surface area contributed by atoms with Crippen molar-refractivity contribution in [1.29, 1.82) is 0 Å². The number of thiazole rings is 1. The third-order valence-electron chi connectivity index (χ3n) is 4.11. The normalized spacial score (nSPS) is 12.3. The highest BCUT2D eigenvalue weighted by Crippen LogP contribution is 2.31. The summed E-state index contributed by atoms with van der Waals surface area (Å²) in [5.41, 5.74) is 4.19. The van der Waals surface area contributed by atoms with E-state index in [0.717, 1.165) is 34.6 Å². The minimum Gasteiger partial charge on any atom is -0.326 e. The van der Waals surface area contributed by atoms with Gasteiger partial charge in [-0.15, -0.1) is 11.3 Å². The number of hydrogen-bond donors (Lipinski definition) is 1. The van der Waals surface area contributed by atoms with Gasteiger partial charge < -0.3 is 5.32 Å². The first-order valence-corrected chi connectivity index (χ1v) is 9.17. The lowest BCUT2D eigenvalue weighted by Gasteiger charge is -2.11. The zero-order chi connectivity index (χ0) is 17.1. The van der Waals surface area contributed by atoms with Gasteiger partial charge in [0.15, 0.2) is 0 Å². The van der Waals surface area contributed by atoms with Crippen LogP contribution in [0.15, 0.2) is 42.5 Å². The van der Waals surface area contributed by atoms with Crippen molar-refractivity contribution in [2.45, 2.75) is 33.6 Å². The molecule has 24 heavy (non-hydrogen) atoms. The topological polar surface area (TPSA) is 42.0 Å². The number of nitrogens with zero attached hydrogens (tertiary/aromatic N) is 1. The fourth-order valence-corrected chi connectivity index (χ4v) is 3.75. The Kier molecular flexibility index (Phi) is 4.95. The van der Waals surface area contributed by atoms with Crippen LogP contribution in [0.4, 0.5) is 5.69 Å². The van der Waals surface area contributed by atoms with E-state index in [2.05, 4.69) is 37.4 Å². The molecule has 0 radical (unpaired) electrons. The minimum absolute atomic E-state index is 0.0437. The number of carbonyl (C=O) groups is 1. The van der Waals surface area contributed by atoms with Crippen LogP contribution in [0, 0.1) is 12.8 Å². The van der Waals surface area contributed by atoms with Gasteiger partial charge >= 0.3 is 0 Å². The highest BCUT2D eigenvalue weighted by Gasteiger charge is 2.12. The number of amides is 1. The summed E-state index contributed by atoms with van der Waals surface area (Å²) in [6.07, 6.45) is 1.93. The maximum atomic E-state index is 12.1. The number of aromatic nitrogens is 1. The Morgan fingerprint density at radius 2 is 1.96 bits per heavy atom. The maximum Gasteiger partial charge on any atom is 0.227 e. The Morgan fingerprint density at radius 1 is 1.21 bits per heavy atom. The van der Waals surface area contributed by atoms with Crippen LogP contribution in [0.5, 0.6) is 0 Å². The van der Waals surface area contributed by atoms with Gasteiger partial charge in [0.2, 0.25) is 5.91 Å². The first kappa shape index (κ1) is 16.7. The van der Waals surface area contributed by atoms with E-state index >= 15 is 0 Å². The second-order valence-electron chi connectivity index (χ2n) is 6.25. The van der Waals surface area contributed by atoms with Crippen LogP contribution in [-0.2, 0) is 4.79 Å². The summed E-state index contributed by atoms with van der Waals surface area (Å²) in [5, 5.41) is 3.99. The third kappa shape index (κ3) is 3.65. The maximum absolute atomic E-state index is 12.1. The molecule has 3 aromatic rings. The van der Waals surface area contributed by atoms with Crippen molar-refractivity contribution >= 4 is 33.1 Å². The molecule has 0 fully saturated rings. The molecule has 0 aliphatic rings. The minimum atomic E-state index is 0.0437. The quantitative estimate of drug-likeness (QED) is 0.653. The molecule has 1 amide bonds. The molecule has 0 saturated carbocycles. The van der Waals surface area contributed by atoms with Gasteiger partial charge in [-0.25, -0.2) is 4.98 Å². The van der Waals surface area contributed by atoms with Crippen LogP contribution in [0.3, 0.4) is 0 Å². The summed E-state index contributed by atoms with van der Waals surface area (Å²) in [6.45, 7) is 6.16. The Bertz CT molecular complexity index is 852. The van der Waals surface area contributed by atoms with Crippen molar-refractivity contribution in [1.82, 2.24) is 4.98 Å². The molecule has 0 unspecified atom stereocenters. The molecule has 1 atom stereocenters. The predicted molar refractivity (Wildman–Crippen MR) is 102 cm³/mol. The van der Waals surface area contributed by atoms with Crippen molar-refractivity contribution in [2.75, 3.05) is 5.32 Å². The van der Waals surface area contributed by atoms with Crippen molar-refractivity contribution in [2.24, 2.45) is 5.92 Å². The van der Waals surface area contributed by atoms with E-state index in [-0.39, 0.29) is 11.8 Å². The summed E-state index contributed by atoms with van der Waals surface area (Å²) in [5.74, 6) is 0.127. The molecular formula is C20H22N2OS. The number of anilines is 1. The van der Waals surface area contributed by atoms with Gasteiger partial charge in [-0.2, -0.15) is 0 Å². The Labute approximate surface area is 146 Å². The van der Waals surface area contributed by atoms with Gasteiger partial charge in [-0.3, -0.25) is 4.79 Å². The molecule has 0 aliphatic heterocycles. The number of nitrogens with one attached hydrogen (secondary N) is 1. The van der Waals surface area contributed by atoms with Crippen molar-refractivity contribution in [3.05, 3.63) is 48.0 Å². The lowest BCUT2D eigenvalue weighted by atomic mass is 10.1. The van der Waals surface area contributed by atoms with E-state index in [4.69, 9.17) is 4.98 Å². The van der Waals surface area contributed by atoms with Crippen LogP contribution in [0.1, 0.15) is 32.3 Å². The zero-order valence-corrected chi connectivity index (χ0v) is 15.1. The average molecular weight is 338 g/mol. The highest BCUT2D eigenvalue weighted by molar-refractivity contribution is 7.21. The molecule has 2 aromatic carbocycles. The van der Waals surface area contributed by atoms with E-state index in [1.807, 2.05) is 31.2 Å². The molecule has 1 aromatic heterocycles. The summed E-state index contributed by atoms with van der Waals surface area (Å²) < 4.78 is 1.20. The second kappa shape index (κ2) is 7.14. The van der Waals surface area contributed by atoms with Crippen LogP contribution in [0.25, 0.3) is 20.8 Å². The summed E-state index contributed by atoms with van der Waals surface area (Å²) in [7, 11) is 0. The van der Waals surface area contributed by atoms with E-state index < -0.39 is 0 Å². The Balaban J connectivity index is 1.77. The van der Waals surface area contributed by atoms with Crippen LogP contribution in [0.2, 0.25) is 0 Å². The number of rotatable bonds is 5. The summed E-state index contributed by atoms with van der Waals surface area (Å²) in [4.78, 5) is 16.8. The monoisotopic (exact) mass is 338 g/mol. The van der Waals surface area contributed by atoms with E-state index in [1.54, 1.807) is 11.3 Å². The number of fused-ring (bicyclic) bond motifs is 1. The molecular weight excluding hydrogens is 316 g/mol. The van der Waals surface area contributed by atoms with E-state index in [1.165, 1.54) is 10.3 Å². The molecule has 1 N–H and O–H groups in total. The van der Waals surface area contributed by atoms with E-state index in [9.17, 15) is 4.79 Å². The number of carbonyl (C=O) groups excluding carboxylic acids is 1. The zero-order valence-electron chi connectivity index (χ0n) is 14.3. The van der Waals surface area contributed by atoms with Gasteiger partial charge in [0.05, 0.1) is 10.2 Å². The summed E-state index contributed by atoms with van der Waals surface area (Å²) >= 11 is 1.70. The average Bonchev–Trinajstić information content (AvgIpc) is 2.98. The fraction of sp³-hybridized carbons (Fsp3) is 0.300. The smallest absolute Gasteiger partial charge is 0.227 e. The van der Waals surface area contributed by atoms with Crippen molar-refractivity contribution < 1.29 is 4.79 Å². The molecule has 1 heterocycles. The number of benzene rings is 2. The third-order valence-corrected chi connectivity index (χ3v) is 5.18. The van der Waals surface area contributed by atoms with Gasteiger partial charge in [-0.05, 0) is 55.3 Å². The largest absolute Gasteiger partial charge is 0.326 e. The second-order valence-corrected chi connectivity index (χ2v) is 7.28. The predicted octanol–water partition coefficient (Wildman–Crippen LogP) is 5.65. The lowest BCUT2D eigenvalue weighted by molar-refractivity contribution is -0.119. The Morgan fingerprint density at radius 3 is 2.67 bits per heavy atom. The SMILES string of the molecule is CCC[C@H](C)C(=O)Nc1ccc(-c2nc3ccc(C)cc3s2)cc1. The van der Waals surface area contributed by atoms with Crippen LogP contribution < -0.4 is 5.32 Å². The highest BCUT2D eigenvalue weighted by atomic mass is 32.1. The van der Waals surface area contributed by atoms with Crippen molar-refractivity contribution in [3.8, 4) is 10.6 Å². The molecule has 0 bridgehead atoms. The van der Waals surface area contributed by atoms with Crippen molar-refractivity contribution in [3.63, 3.8) is 0 Å². The molecule has 3 rings (SSSR count). The Hall–Kier alpha value is -2.20. The molecule has 0 aliphatic carbocycles. The van der Waals surface area contributed by atoms with Gasteiger partial charge in [0, 0.05) is 17.2 Å². The fourth-order valence-electron chi connectivity index (χ4n) is 2.68. The first-order chi connectivity index (χ1) is 11.6. The van der Waals surface area contributed by atoms with Gasteiger partial charge in [0.1, 0.15) is 5.01 Å². The standard InChI is InChI=1S/C20H22N2OS/c1-4-5-14(3)19(23)21-16-9-7-15(8-10-16)20-22-17-11-6-13(2)12-18(17)24-20/h6-12,14H,4-5H2,1-3H3,(H,21,23)/t14-/m0/s1. The van der Waals surface area contributed by atoms with Gasteiger partial charge in [-0.1, -0.05) is 26.3 Å². The summed E-state index contributed by atoms with van der Waals surface area (Å²) in [6, 6.07) is 14.2. The lowest BCUT2D eigenvalue weighted by Crippen LogP contribution is -2.20. The molecule has 0 saturated heterocycles. The van der Waals surface area contributed by atoms with Crippen LogP contribution >= 0.6 is 11.3 Å². The first-order valence-electron chi connectivity index (χ1n) is 8.35. The molecule has 124 valence electrons.